The summed E-state index contributed by atoms with van der Waals surface area (Å²) in [7, 11) is 1.11. The molecule has 0 amide bonds. The van der Waals surface area contributed by atoms with E-state index in [9.17, 15) is 15.0 Å². The summed E-state index contributed by atoms with van der Waals surface area (Å²) in [5.74, 6) is -1.99. The number of halogens is 2. The monoisotopic (exact) mass is 250 g/mol. The van der Waals surface area contributed by atoms with Gasteiger partial charge in [0.05, 0.1) is 17.2 Å². The largest absolute Gasteiger partial charge is 0.505 e. The number of aromatic hydroxyl groups is 2. The molecular formula is C9H8Cl2O4. The van der Waals surface area contributed by atoms with Crippen LogP contribution in [-0.2, 0) is 4.74 Å². The minimum absolute atomic E-state index is 0.0850. The van der Waals surface area contributed by atoms with E-state index in [4.69, 9.17) is 23.2 Å². The molecule has 0 aromatic heterocycles. The minimum atomic E-state index is -0.909. The molecule has 0 aliphatic heterocycles. The number of methoxy groups -OCH3 is 1. The molecule has 1 rings (SSSR count). The predicted octanol–water partition coefficient (Wildman–Crippen LogP) is 2.50. The molecule has 1 aromatic carbocycles. The average Bonchev–Trinajstić information content (AvgIpc) is 2.23. The summed E-state index contributed by atoms with van der Waals surface area (Å²) < 4.78 is 4.37. The molecule has 0 fully saturated rings. The molecular weight excluding hydrogens is 243 g/mol. The van der Waals surface area contributed by atoms with Crippen molar-refractivity contribution in [2.75, 3.05) is 7.11 Å². The van der Waals surface area contributed by atoms with Gasteiger partial charge in [0.2, 0.25) is 0 Å². The van der Waals surface area contributed by atoms with Crippen LogP contribution in [0.3, 0.4) is 0 Å². The third-order valence-electron chi connectivity index (χ3n) is 1.94. The summed E-state index contributed by atoms with van der Waals surface area (Å²) in [5.41, 5.74) is -0.140. The maximum atomic E-state index is 11.2. The molecule has 0 aliphatic rings. The number of hydrogen-bond acceptors (Lipinski definition) is 4. The van der Waals surface area contributed by atoms with Crippen molar-refractivity contribution in [3.8, 4) is 11.5 Å². The van der Waals surface area contributed by atoms with Gasteiger partial charge in [-0.1, -0.05) is 23.2 Å². The van der Waals surface area contributed by atoms with Crippen molar-refractivity contribution in [3.63, 3.8) is 0 Å². The van der Waals surface area contributed by atoms with Gasteiger partial charge in [-0.2, -0.15) is 0 Å². The Morgan fingerprint density at radius 2 is 1.60 bits per heavy atom. The van der Waals surface area contributed by atoms with Crippen LogP contribution < -0.4 is 0 Å². The number of esters is 1. The van der Waals surface area contributed by atoms with E-state index in [0.717, 1.165) is 7.11 Å². The van der Waals surface area contributed by atoms with Crippen LogP contribution in [0, 0.1) is 6.92 Å². The highest BCUT2D eigenvalue weighted by molar-refractivity contribution is 6.38. The first-order valence-corrected chi connectivity index (χ1v) is 4.65. The summed E-state index contributed by atoms with van der Waals surface area (Å²) in [5, 5.41) is 18.9. The molecule has 0 atom stereocenters. The molecule has 4 nitrogen and oxygen atoms in total. The summed E-state index contributed by atoms with van der Waals surface area (Å²) >= 11 is 11.4. The second-order valence-corrected chi connectivity index (χ2v) is 3.57. The number of benzene rings is 1. The Bertz CT molecular complexity index is 400. The van der Waals surface area contributed by atoms with Crippen LogP contribution in [0.4, 0.5) is 0 Å². The third kappa shape index (κ3) is 1.82. The predicted molar refractivity (Wildman–Crippen MR) is 55.9 cm³/mol. The summed E-state index contributed by atoms with van der Waals surface area (Å²) in [6, 6.07) is 0. The molecule has 0 bridgehead atoms. The van der Waals surface area contributed by atoms with E-state index < -0.39 is 23.0 Å². The van der Waals surface area contributed by atoms with Crippen molar-refractivity contribution < 1.29 is 19.7 Å². The van der Waals surface area contributed by atoms with Crippen molar-refractivity contribution in [3.05, 3.63) is 21.2 Å². The Hall–Kier alpha value is -1.13. The number of rotatable bonds is 1. The first kappa shape index (κ1) is 11.9. The van der Waals surface area contributed by atoms with Crippen molar-refractivity contribution in [1.29, 1.82) is 0 Å². The van der Waals surface area contributed by atoms with E-state index in [1.807, 2.05) is 0 Å². The number of ether oxygens (including phenoxy) is 1. The second kappa shape index (κ2) is 4.16. The first-order valence-electron chi connectivity index (χ1n) is 3.89. The molecule has 0 saturated carbocycles. The van der Waals surface area contributed by atoms with Gasteiger partial charge in [0, 0.05) is 0 Å². The lowest BCUT2D eigenvalue weighted by molar-refractivity contribution is 0.0594. The van der Waals surface area contributed by atoms with Crippen LogP contribution in [-0.4, -0.2) is 23.3 Å². The smallest absolute Gasteiger partial charge is 0.345 e. The normalized spacial score (nSPS) is 10.1. The molecule has 0 aliphatic carbocycles. The summed E-state index contributed by atoms with van der Waals surface area (Å²) in [4.78, 5) is 11.2. The highest BCUT2D eigenvalue weighted by Gasteiger charge is 2.24. The minimum Gasteiger partial charge on any atom is -0.505 e. The highest BCUT2D eigenvalue weighted by atomic mass is 35.5. The Morgan fingerprint density at radius 1 is 1.20 bits per heavy atom. The van der Waals surface area contributed by atoms with Gasteiger partial charge in [-0.05, 0) is 12.5 Å². The molecule has 0 radical (unpaired) electrons. The van der Waals surface area contributed by atoms with Crippen LogP contribution >= 0.6 is 23.2 Å². The maximum absolute atomic E-state index is 11.2. The Kier molecular flexibility index (Phi) is 3.31. The Labute approximate surface area is 96.0 Å². The maximum Gasteiger partial charge on any atom is 0.345 e. The van der Waals surface area contributed by atoms with E-state index in [0.29, 0.717) is 5.56 Å². The van der Waals surface area contributed by atoms with Gasteiger partial charge < -0.3 is 14.9 Å². The standard InChI is InChI=1S/C9H8Cl2O4/c1-3-5(10)7(12)4(9(14)15-2)8(13)6(3)11/h12-13H,1-2H3. The molecule has 0 heterocycles. The second-order valence-electron chi connectivity index (χ2n) is 2.82. The zero-order chi connectivity index (χ0) is 11.7. The van der Waals surface area contributed by atoms with Crippen molar-refractivity contribution in [2.45, 2.75) is 6.92 Å². The van der Waals surface area contributed by atoms with Crippen LogP contribution in [0.25, 0.3) is 0 Å². The number of phenolic OH excluding ortho intramolecular Hbond substituents is 2. The van der Waals surface area contributed by atoms with Crippen molar-refractivity contribution in [1.82, 2.24) is 0 Å². The molecule has 82 valence electrons. The summed E-state index contributed by atoms with van der Waals surface area (Å²) in [6.07, 6.45) is 0. The van der Waals surface area contributed by atoms with E-state index in [1.54, 1.807) is 0 Å². The third-order valence-corrected chi connectivity index (χ3v) is 2.86. The van der Waals surface area contributed by atoms with Crippen LogP contribution in [0.2, 0.25) is 10.0 Å². The van der Waals surface area contributed by atoms with E-state index in [1.165, 1.54) is 6.92 Å². The highest BCUT2D eigenvalue weighted by Crippen LogP contribution is 2.43. The van der Waals surface area contributed by atoms with Crippen LogP contribution in [0.15, 0.2) is 0 Å². The Morgan fingerprint density at radius 3 is 1.93 bits per heavy atom. The Balaban J connectivity index is 3.60. The van der Waals surface area contributed by atoms with Crippen LogP contribution in [0.1, 0.15) is 15.9 Å². The van der Waals surface area contributed by atoms with Gasteiger partial charge in [0.1, 0.15) is 5.56 Å². The first-order chi connectivity index (χ1) is 6.91. The number of phenols is 2. The SMILES string of the molecule is COC(=O)c1c(O)c(Cl)c(C)c(Cl)c1O. The lowest BCUT2D eigenvalue weighted by Gasteiger charge is -2.11. The molecule has 6 heteroatoms. The molecule has 2 N–H and O–H groups in total. The fourth-order valence-electron chi connectivity index (χ4n) is 1.08. The van der Waals surface area contributed by atoms with Gasteiger partial charge in [0.15, 0.2) is 11.5 Å². The molecule has 0 unspecified atom stereocenters. The molecule has 15 heavy (non-hydrogen) atoms. The number of carbonyl (C=O) groups is 1. The van der Waals surface area contributed by atoms with Crippen molar-refractivity contribution >= 4 is 29.2 Å². The van der Waals surface area contributed by atoms with E-state index >= 15 is 0 Å². The van der Waals surface area contributed by atoms with Gasteiger partial charge >= 0.3 is 5.97 Å². The van der Waals surface area contributed by atoms with E-state index in [-0.39, 0.29) is 10.0 Å². The van der Waals surface area contributed by atoms with Crippen molar-refractivity contribution in [2.24, 2.45) is 0 Å². The molecule has 0 spiro atoms. The lowest BCUT2D eigenvalue weighted by Crippen LogP contribution is -2.03. The quantitative estimate of drug-likeness (QED) is 0.752. The number of hydrogen-bond donors (Lipinski definition) is 2. The van der Waals surface area contributed by atoms with Gasteiger partial charge in [-0.15, -0.1) is 0 Å². The zero-order valence-electron chi connectivity index (χ0n) is 7.97. The number of carbonyl (C=O) groups excluding carboxylic acids is 1. The van der Waals surface area contributed by atoms with E-state index in [2.05, 4.69) is 4.74 Å². The average molecular weight is 251 g/mol. The van der Waals surface area contributed by atoms with Gasteiger partial charge in [-0.25, -0.2) is 4.79 Å². The molecule has 0 saturated heterocycles. The van der Waals surface area contributed by atoms with Gasteiger partial charge in [0.25, 0.3) is 0 Å². The summed E-state index contributed by atoms with van der Waals surface area (Å²) in [6.45, 7) is 1.51. The van der Waals surface area contributed by atoms with Crippen LogP contribution in [0.5, 0.6) is 11.5 Å². The fraction of sp³-hybridized carbons (Fsp3) is 0.222. The topological polar surface area (TPSA) is 66.8 Å². The van der Waals surface area contributed by atoms with Gasteiger partial charge in [-0.3, -0.25) is 0 Å². The fourth-order valence-corrected chi connectivity index (χ4v) is 1.50. The zero-order valence-corrected chi connectivity index (χ0v) is 9.48. The lowest BCUT2D eigenvalue weighted by atomic mass is 10.1. The molecule has 1 aromatic rings.